The fraction of sp³-hybridized carbons (Fsp3) is 0.667. The summed E-state index contributed by atoms with van der Waals surface area (Å²) in [5.41, 5.74) is 0. The molecule has 2 nitrogen and oxygen atoms in total. The lowest BCUT2D eigenvalue weighted by Crippen LogP contribution is -1.84. The third-order valence-corrected chi connectivity index (χ3v) is 0.885. The van der Waals surface area contributed by atoms with Gasteiger partial charge in [-0.15, -0.1) is 11.6 Å². The zero-order valence-corrected chi connectivity index (χ0v) is 3.73. The van der Waals surface area contributed by atoms with Crippen molar-refractivity contribution in [2.24, 2.45) is 0 Å². The molecule has 0 spiro atoms. The molecule has 0 radical (unpaired) electrons. The first-order chi connectivity index (χ1) is 2.84. The van der Waals surface area contributed by atoms with Gasteiger partial charge in [0.2, 0.25) is 6.10 Å². The lowest BCUT2D eigenvalue weighted by molar-refractivity contribution is -0.117. The Hall–Kier alpha value is -0.240. The second-order valence-electron chi connectivity index (χ2n) is 1.08. The predicted octanol–water partition coefficient (Wildman–Crippen LogP) is 0.151. The van der Waals surface area contributed by atoms with Gasteiger partial charge in [0.25, 0.3) is 0 Å². The van der Waals surface area contributed by atoms with Crippen molar-refractivity contribution < 1.29 is 9.53 Å². The molecule has 0 aromatic heterocycles. The molecule has 1 aliphatic rings. The van der Waals surface area contributed by atoms with E-state index in [1.165, 1.54) is 0 Å². The molecule has 0 aromatic rings. The largest absolute Gasteiger partial charge is 0.446 e. The van der Waals surface area contributed by atoms with E-state index in [9.17, 15) is 4.79 Å². The summed E-state index contributed by atoms with van der Waals surface area (Å²) in [5, 5.41) is 0. The maximum atomic E-state index is 9.81. The fourth-order valence-corrected chi connectivity index (χ4v) is 0.390. The number of carbonyl (C=O) groups excluding carboxylic acids is 1. The van der Waals surface area contributed by atoms with Crippen molar-refractivity contribution in [2.45, 2.75) is 6.10 Å². The van der Waals surface area contributed by atoms with Crippen LogP contribution in [0.3, 0.4) is 0 Å². The Bertz CT molecular complexity index is 80.9. The van der Waals surface area contributed by atoms with Crippen LogP contribution in [0.4, 0.5) is 0 Å². The summed E-state index contributed by atoms with van der Waals surface area (Å²) in [6.45, 7) is 0. The van der Waals surface area contributed by atoms with Crippen molar-refractivity contribution >= 4 is 17.6 Å². The van der Waals surface area contributed by atoms with Gasteiger partial charge < -0.3 is 4.74 Å². The van der Waals surface area contributed by atoms with Crippen molar-refractivity contribution in [3.63, 3.8) is 0 Å². The second kappa shape index (κ2) is 1.12. The lowest BCUT2D eigenvalue weighted by Gasteiger charge is -1.63. The number of alkyl halides is 1. The van der Waals surface area contributed by atoms with E-state index in [4.69, 9.17) is 11.6 Å². The van der Waals surface area contributed by atoms with Crippen LogP contribution < -0.4 is 0 Å². The summed E-state index contributed by atoms with van der Waals surface area (Å²) >= 11 is 5.15. The Kier molecular flexibility index (Phi) is 0.733. The van der Waals surface area contributed by atoms with Crippen LogP contribution in [0, 0.1) is 0 Å². The number of rotatable bonds is 1. The summed E-state index contributed by atoms with van der Waals surface area (Å²) in [7, 11) is 0. The Morgan fingerprint density at radius 1 is 2.00 bits per heavy atom. The molecule has 3 heteroatoms. The zero-order chi connectivity index (χ0) is 4.57. The van der Waals surface area contributed by atoms with Gasteiger partial charge in [0.05, 0.1) is 5.88 Å². The number of hydrogen-bond donors (Lipinski definition) is 0. The molecular formula is C3H3ClO2. The minimum absolute atomic E-state index is 0.176. The van der Waals surface area contributed by atoms with Gasteiger partial charge in [-0.1, -0.05) is 0 Å². The van der Waals surface area contributed by atoms with E-state index in [0.717, 1.165) is 0 Å². The van der Waals surface area contributed by atoms with Crippen molar-refractivity contribution in [1.82, 2.24) is 0 Å². The number of ether oxygens (including phenoxy) is 1. The second-order valence-corrected chi connectivity index (χ2v) is 1.39. The first-order valence-electron chi connectivity index (χ1n) is 1.61. The molecule has 1 aliphatic heterocycles. The van der Waals surface area contributed by atoms with Gasteiger partial charge in [0, 0.05) is 0 Å². The standard InChI is InChI=1S/C3H3ClO2/c4-1-2-3(5)6-2/h2H,1H2/t2-/m1/s1. The lowest BCUT2D eigenvalue weighted by atomic mass is 10.6. The fourth-order valence-electron chi connectivity index (χ4n) is 0.201. The van der Waals surface area contributed by atoms with Crippen LogP contribution in [0.1, 0.15) is 0 Å². The first kappa shape index (κ1) is 3.93. The molecule has 0 aliphatic carbocycles. The molecule has 6 heavy (non-hydrogen) atoms. The third-order valence-electron chi connectivity index (χ3n) is 0.604. The molecule has 1 atom stereocenters. The van der Waals surface area contributed by atoms with E-state index in [2.05, 4.69) is 4.74 Å². The van der Waals surface area contributed by atoms with Gasteiger partial charge in [-0.3, -0.25) is 0 Å². The van der Waals surface area contributed by atoms with Crippen LogP contribution in [0.5, 0.6) is 0 Å². The van der Waals surface area contributed by atoms with Gasteiger partial charge in [-0.25, -0.2) is 4.79 Å². The quantitative estimate of drug-likeness (QED) is 0.352. The van der Waals surface area contributed by atoms with E-state index in [1.807, 2.05) is 0 Å². The smallest absolute Gasteiger partial charge is 0.349 e. The number of halogens is 1. The molecule has 0 saturated carbocycles. The van der Waals surface area contributed by atoms with Gasteiger partial charge in [0.1, 0.15) is 0 Å². The van der Waals surface area contributed by atoms with Crippen LogP contribution in [-0.2, 0) is 9.53 Å². The van der Waals surface area contributed by atoms with Crippen LogP contribution >= 0.6 is 11.6 Å². The number of carbonyl (C=O) groups is 1. The number of cyclic esters (lactones) is 1. The molecule has 0 bridgehead atoms. The van der Waals surface area contributed by atoms with Gasteiger partial charge in [-0.2, -0.15) is 0 Å². The minimum atomic E-state index is -0.272. The highest BCUT2D eigenvalue weighted by Crippen LogP contribution is 2.12. The molecule has 1 rings (SSSR count). The molecule has 34 valence electrons. The Labute approximate surface area is 40.0 Å². The molecule has 0 N–H and O–H groups in total. The van der Waals surface area contributed by atoms with Crippen molar-refractivity contribution in [3.05, 3.63) is 0 Å². The van der Waals surface area contributed by atoms with Crippen molar-refractivity contribution in [3.8, 4) is 0 Å². The first-order valence-corrected chi connectivity index (χ1v) is 2.14. The average Bonchev–Trinajstić information content (AvgIpc) is 2.19. The highest BCUT2D eigenvalue weighted by molar-refractivity contribution is 6.20. The molecule has 1 saturated heterocycles. The minimum Gasteiger partial charge on any atom is -0.446 e. The van der Waals surface area contributed by atoms with E-state index in [1.54, 1.807) is 0 Å². The highest BCUT2D eigenvalue weighted by Gasteiger charge is 2.36. The van der Waals surface area contributed by atoms with Crippen LogP contribution in [0.2, 0.25) is 0 Å². The Morgan fingerprint density at radius 3 is 2.50 bits per heavy atom. The van der Waals surface area contributed by atoms with Crippen molar-refractivity contribution in [2.75, 3.05) is 5.88 Å². The molecule has 1 heterocycles. The third kappa shape index (κ3) is 0.476. The van der Waals surface area contributed by atoms with Crippen LogP contribution in [-0.4, -0.2) is 18.0 Å². The van der Waals surface area contributed by atoms with E-state index in [-0.39, 0.29) is 12.1 Å². The summed E-state index contributed by atoms with van der Waals surface area (Å²) < 4.78 is 4.30. The Morgan fingerprint density at radius 2 is 2.50 bits per heavy atom. The molecule has 0 amide bonds. The predicted molar refractivity (Wildman–Crippen MR) is 20.6 cm³/mol. The number of hydrogen-bond acceptors (Lipinski definition) is 2. The summed E-state index contributed by atoms with van der Waals surface area (Å²) in [4.78, 5) is 9.81. The normalized spacial score (nSPS) is 29.5. The Balaban J connectivity index is 2.26. The molecule has 0 unspecified atom stereocenters. The monoisotopic (exact) mass is 106 g/mol. The maximum Gasteiger partial charge on any atom is 0.349 e. The summed E-state index contributed by atoms with van der Waals surface area (Å²) in [6, 6.07) is 0. The maximum absolute atomic E-state index is 9.81. The van der Waals surface area contributed by atoms with E-state index < -0.39 is 0 Å². The van der Waals surface area contributed by atoms with Gasteiger partial charge in [-0.05, 0) is 0 Å². The van der Waals surface area contributed by atoms with Gasteiger partial charge >= 0.3 is 5.97 Å². The van der Waals surface area contributed by atoms with Crippen LogP contribution in [0.25, 0.3) is 0 Å². The molecular weight excluding hydrogens is 103 g/mol. The van der Waals surface area contributed by atoms with Gasteiger partial charge in [0.15, 0.2) is 0 Å². The highest BCUT2D eigenvalue weighted by atomic mass is 35.5. The molecule has 0 aromatic carbocycles. The zero-order valence-electron chi connectivity index (χ0n) is 2.98. The SMILES string of the molecule is O=C1O[C@@H]1CCl. The van der Waals surface area contributed by atoms with E-state index in [0.29, 0.717) is 5.88 Å². The average molecular weight is 107 g/mol. The van der Waals surface area contributed by atoms with Crippen LogP contribution in [0.15, 0.2) is 0 Å². The summed E-state index contributed by atoms with van der Waals surface area (Å²) in [6.07, 6.45) is -0.272. The van der Waals surface area contributed by atoms with E-state index >= 15 is 0 Å². The summed E-state index contributed by atoms with van der Waals surface area (Å²) in [5.74, 6) is 0.128. The number of epoxide rings is 1. The molecule has 1 fully saturated rings. The van der Waals surface area contributed by atoms with Crippen molar-refractivity contribution in [1.29, 1.82) is 0 Å². The topological polar surface area (TPSA) is 29.6 Å².